The van der Waals surface area contributed by atoms with E-state index in [9.17, 15) is 34.2 Å². The van der Waals surface area contributed by atoms with Crippen LogP contribution in [-0.2, 0) is 25.6 Å². The van der Waals surface area contributed by atoms with Crippen molar-refractivity contribution in [3.8, 4) is 28.8 Å². The largest absolute Gasteiger partial charge is 0.507 e. The maximum absolute atomic E-state index is 13.9. The summed E-state index contributed by atoms with van der Waals surface area (Å²) in [6, 6.07) is 2.93. The molecule has 1 heterocycles. The van der Waals surface area contributed by atoms with Crippen LogP contribution in [0.3, 0.4) is 0 Å². The van der Waals surface area contributed by atoms with E-state index in [1.165, 1.54) is 26.5 Å². The van der Waals surface area contributed by atoms with Gasteiger partial charge in [-0.15, -0.1) is 0 Å². The summed E-state index contributed by atoms with van der Waals surface area (Å²) >= 11 is 0. The predicted octanol–water partition coefficient (Wildman–Crippen LogP) is 0.683. The van der Waals surface area contributed by atoms with E-state index in [1.807, 2.05) is 0 Å². The van der Waals surface area contributed by atoms with Gasteiger partial charge in [-0.1, -0.05) is 19.9 Å². The average Bonchev–Trinajstić information content (AvgIpc) is 2.90. The first-order valence-corrected chi connectivity index (χ1v) is 12.9. The zero-order valence-electron chi connectivity index (χ0n) is 22.3. The Bertz CT molecular complexity index is 1490. The third kappa shape index (κ3) is 3.65. The lowest BCUT2D eigenvalue weighted by Gasteiger charge is -2.52. The van der Waals surface area contributed by atoms with Gasteiger partial charge in [-0.25, -0.2) is 4.98 Å². The number of amides is 1. The summed E-state index contributed by atoms with van der Waals surface area (Å²) in [5.74, 6) is -12.1. The number of rotatable bonds is 5. The molecule has 0 radical (unpaired) electrons. The van der Waals surface area contributed by atoms with E-state index in [0.29, 0.717) is 16.7 Å². The highest BCUT2D eigenvalue weighted by atomic mass is 16.5. The Morgan fingerprint density at radius 1 is 1.10 bits per heavy atom. The molecule has 1 amide bonds. The fraction of sp³-hybridized carbons (Fsp3) is 0.464. The van der Waals surface area contributed by atoms with E-state index >= 15 is 0 Å². The van der Waals surface area contributed by atoms with Crippen molar-refractivity contribution in [3.05, 3.63) is 29.5 Å². The van der Waals surface area contributed by atoms with Crippen LogP contribution in [0.2, 0.25) is 0 Å². The second kappa shape index (κ2) is 9.47. The van der Waals surface area contributed by atoms with Crippen molar-refractivity contribution < 1.29 is 43.7 Å². The summed E-state index contributed by atoms with van der Waals surface area (Å²) in [5, 5.41) is 22.4. The van der Waals surface area contributed by atoms with Crippen molar-refractivity contribution in [2.75, 3.05) is 14.2 Å². The first kappa shape index (κ1) is 27.4. The molecule has 12 nitrogen and oxygen atoms in total. The number of aliphatic hydroxyl groups is 1. The van der Waals surface area contributed by atoms with Crippen molar-refractivity contribution in [1.82, 2.24) is 9.97 Å². The number of nitrogens with zero attached hydrogens (tertiary/aromatic N) is 2. The second-order valence-corrected chi connectivity index (χ2v) is 10.9. The smallest absolute Gasteiger partial charge is 0.319 e. The van der Waals surface area contributed by atoms with Gasteiger partial charge in [-0.2, -0.15) is 4.98 Å². The molecule has 40 heavy (non-hydrogen) atoms. The van der Waals surface area contributed by atoms with Crippen LogP contribution in [0.25, 0.3) is 11.1 Å². The topological polar surface area (TPSA) is 196 Å². The van der Waals surface area contributed by atoms with E-state index in [2.05, 4.69) is 9.97 Å². The molecule has 2 fully saturated rings. The number of benzene rings is 1. The van der Waals surface area contributed by atoms with E-state index < -0.39 is 70.1 Å². The van der Waals surface area contributed by atoms with Crippen LogP contribution in [0.15, 0.2) is 18.3 Å². The van der Waals surface area contributed by atoms with Gasteiger partial charge in [0.1, 0.15) is 5.75 Å². The van der Waals surface area contributed by atoms with Gasteiger partial charge in [0, 0.05) is 18.0 Å². The van der Waals surface area contributed by atoms with Crippen LogP contribution >= 0.6 is 0 Å². The van der Waals surface area contributed by atoms with Gasteiger partial charge < -0.3 is 25.4 Å². The van der Waals surface area contributed by atoms with Crippen molar-refractivity contribution in [2.24, 2.45) is 41.2 Å². The number of phenols is 1. The molecule has 1 aromatic heterocycles. The van der Waals surface area contributed by atoms with Crippen molar-refractivity contribution in [2.45, 2.75) is 32.3 Å². The molecule has 0 spiro atoms. The molecule has 5 rings (SSSR count). The van der Waals surface area contributed by atoms with Gasteiger partial charge in [0.2, 0.25) is 11.8 Å². The number of ketones is 4. The monoisotopic (exact) mass is 551 g/mol. The maximum Gasteiger partial charge on any atom is 0.319 e. The number of phenolic OH excluding ortho intramolecular Hbond substituents is 1. The predicted molar refractivity (Wildman–Crippen MR) is 136 cm³/mol. The van der Waals surface area contributed by atoms with Crippen molar-refractivity contribution in [3.63, 3.8) is 0 Å². The zero-order valence-corrected chi connectivity index (χ0v) is 22.3. The third-order valence-electron chi connectivity index (χ3n) is 8.59. The highest BCUT2D eigenvalue weighted by Gasteiger charge is 2.69. The van der Waals surface area contributed by atoms with E-state index in [4.69, 9.17) is 15.2 Å². The summed E-state index contributed by atoms with van der Waals surface area (Å²) in [6.07, 6.45) is 1.54. The molecule has 2 unspecified atom stereocenters. The lowest BCUT2D eigenvalue weighted by molar-refractivity contribution is -0.182. The number of aromatic hydroxyl groups is 1. The first-order valence-electron chi connectivity index (χ1n) is 12.9. The number of carbonyl (C=O) groups is 5. The van der Waals surface area contributed by atoms with Gasteiger partial charge in [-0.05, 0) is 41.9 Å². The highest BCUT2D eigenvalue weighted by Crippen LogP contribution is 2.54. The van der Waals surface area contributed by atoms with Crippen molar-refractivity contribution in [1.29, 1.82) is 0 Å². The Balaban J connectivity index is 1.66. The molecule has 3 aliphatic rings. The normalized spacial score (nSPS) is 29.5. The number of carbonyl (C=O) groups excluding carboxylic acids is 5. The molecule has 0 aliphatic heterocycles. The van der Waals surface area contributed by atoms with Crippen LogP contribution in [0.5, 0.6) is 17.6 Å². The number of fused-ring (bicyclic) bond motifs is 3. The number of nitrogens with two attached hydrogens (primary N) is 1. The van der Waals surface area contributed by atoms with Crippen molar-refractivity contribution >= 4 is 29.0 Å². The van der Waals surface area contributed by atoms with E-state index in [-0.39, 0.29) is 36.0 Å². The number of primary amides is 1. The number of Topliss-reactive ketones (excluding diaryl/α,β-unsaturated/α-hetero) is 4. The molecular weight excluding hydrogens is 522 g/mol. The molecule has 0 bridgehead atoms. The molecule has 12 heteroatoms. The lowest BCUT2D eigenvalue weighted by atomic mass is 9.49. The number of hydrogen-bond acceptors (Lipinski definition) is 11. The van der Waals surface area contributed by atoms with Crippen LogP contribution in [0, 0.1) is 35.5 Å². The maximum atomic E-state index is 13.9. The molecule has 2 saturated carbocycles. The van der Waals surface area contributed by atoms with Gasteiger partial charge in [0.05, 0.1) is 31.3 Å². The number of aromatic nitrogens is 2. The van der Waals surface area contributed by atoms with Gasteiger partial charge in [0.25, 0.3) is 0 Å². The standard InChI is InChI=1S/C28H29N3O9/c1-10(2)17-15-8-11-7-13-12(14-9-30-27(40-4)31-26(14)39-3)5-6-16(32)19(13)22(34)18(11)23(35)28(15,38)24(36)20(21(17)33)25(29)37/h5-6,9-11,15,17-18,20,32,38H,7-8H2,1-4H3,(H2,29,37)/t11-,15-,17-,18?,20?,28-/m0/s1. The fourth-order valence-corrected chi connectivity index (χ4v) is 6.90. The molecule has 3 aliphatic carbocycles. The van der Waals surface area contributed by atoms with E-state index in [0.717, 1.165) is 0 Å². The van der Waals surface area contributed by atoms with Crippen LogP contribution in [-0.4, -0.2) is 69.0 Å². The van der Waals surface area contributed by atoms with Gasteiger partial charge in [-0.3, -0.25) is 24.0 Å². The van der Waals surface area contributed by atoms with Crippen LogP contribution < -0.4 is 15.2 Å². The number of methoxy groups -OCH3 is 2. The highest BCUT2D eigenvalue weighted by molar-refractivity contribution is 6.32. The Morgan fingerprint density at radius 2 is 1.80 bits per heavy atom. The summed E-state index contributed by atoms with van der Waals surface area (Å²) in [7, 11) is 2.80. The summed E-state index contributed by atoms with van der Waals surface area (Å²) in [6.45, 7) is 3.39. The molecule has 0 saturated heterocycles. The van der Waals surface area contributed by atoms with E-state index in [1.54, 1.807) is 19.9 Å². The molecule has 210 valence electrons. The Morgan fingerprint density at radius 3 is 2.40 bits per heavy atom. The summed E-state index contributed by atoms with van der Waals surface area (Å²) in [4.78, 5) is 74.9. The quantitative estimate of drug-likeness (QED) is 0.442. The number of hydrogen-bond donors (Lipinski definition) is 3. The third-order valence-corrected chi connectivity index (χ3v) is 8.59. The minimum absolute atomic E-state index is 0.0186. The minimum atomic E-state index is -2.74. The molecule has 6 atom stereocenters. The summed E-state index contributed by atoms with van der Waals surface area (Å²) < 4.78 is 10.5. The Labute approximate surface area is 228 Å². The molecule has 2 aromatic rings. The van der Waals surface area contributed by atoms with Crippen LogP contribution in [0.4, 0.5) is 0 Å². The van der Waals surface area contributed by atoms with Gasteiger partial charge in [0.15, 0.2) is 34.7 Å². The fourth-order valence-electron chi connectivity index (χ4n) is 6.90. The van der Waals surface area contributed by atoms with Crippen LogP contribution in [0.1, 0.15) is 36.2 Å². The molecular formula is C28H29N3O9. The lowest BCUT2D eigenvalue weighted by Crippen LogP contribution is -2.71. The first-order chi connectivity index (χ1) is 18.9. The molecule has 1 aromatic carbocycles. The SMILES string of the molecule is COc1ncc(-c2ccc(O)c3c2C[C@H]2C[C@H]4[C@H](C(C)C)C(=O)C(C(N)=O)C(=O)[C@@]4(O)C(=O)C2C3=O)c(OC)n1. The Hall–Kier alpha value is -4.19. The number of ether oxygens (including phenoxy) is 2. The molecule has 4 N–H and O–H groups in total. The summed E-state index contributed by atoms with van der Waals surface area (Å²) in [5.41, 5.74) is 3.81. The Kier molecular flexibility index (Phi) is 6.48. The second-order valence-electron chi connectivity index (χ2n) is 10.9. The minimum Gasteiger partial charge on any atom is -0.507 e. The average molecular weight is 552 g/mol. The van der Waals surface area contributed by atoms with Gasteiger partial charge >= 0.3 is 6.01 Å². The zero-order chi connectivity index (χ0) is 29.3.